The molecule has 5 heteroatoms. The zero-order valence-corrected chi connectivity index (χ0v) is 29.5. The van der Waals surface area contributed by atoms with E-state index in [-0.39, 0.29) is 0 Å². The van der Waals surface area contributed by atoms with Crippen LogP contribution in [0.3, 0.4) is 0 Å². The molecule has 0 amide bonds. The highest BCUT2D eigenvalue weighted by Crippen LogP contribution is 2.41. The normalized spacial score (nSPS) is 11.6. The molecule has 0 aliphatic carbocycles. The Bertz CT molecular complexity index is 3400. The first-order valence-electron chi connectivity index (χ1n) is 18.3. The fraction of sp³-hybridized carbons (Fsp3) is 0. The third-order valence-corrected chi connectivity index (χ3v) is 11.1. The molecule has 254 valence electrons. The molecule has 0 spiro atoms. The lowest BCUT2D eigenvalue weighted by atomic mass is 9.97. The van der Waals surface area contributed by atoms with E-state index in [0.29, 0.717) is 11.1 Å². The number of rotatable bonds is 4. The standard InChI is InChI=1S/C50H29N5/c51-30-32-23-28-46-41(29-32)39-15-4-8-20-45(39)54(46)47-21-9-11-34(31-52)49(47)33-24-26-35(27-25-33)53-42-17-5-3-14-38(42)40-16-10-22-48(50(40)53)55-43-18-6-1-12-36(43)37-13-2-7-19-44(37)55/h1-29H. The average Bonchev–Trinajstić information content (AvgIpc) is 3.89. The van der Waals surface area contributed by atoms with Gasteiger partial charge in [0, 0.05) is 43.6 Å². The van der Waals surface area contributed by atoms with Crippen molar-refractivity contribution in [3.63, 3.8) is 0 Å². The lowest BCUT2D eigenvalue weighted by Crippen LogP contribution is -2.01. The molecular formula is C50H29N5. The van der Waals surface area contributed by atoms with E-state index in [1.54, 1.807) is 0 Å². The van der Waals surface area contributed by atoms with Crippen molar-refractivity contribution < 1.29 is 0 Å². The zero-order chi connectivity index (χ0) is 36.6. The Morgan fingerprint density at radius 1 is 0.364 bits per heavy atom. The summed E-state index contributed by atoms with van der Waals surface area (Å²) in [6, 6.07) is 65.9. The molecule has 11 rings (SSSR count). The molecule has 3 heterocycles. The lowest BCUT2D eigenvalue weighted by molar-refractivity contribution is 1.13. The average molecular weight is 700 g/mol. The van der Waals surface area contributed by atoms with Crippen LogP contribution in [-0.2, 0) is 0 Å². The fourth-order valence-corrected chi connectivity index (χ4v) is 8.83. The summed E-state index contributed by atoms with van der Waals surface area (Å²) in [7, 11) is 0. The van der Waals surface area contributed by atoms with Gasteiger partial charge in [-0.15, -0.1) is 0 Å². The van der Waals surface area contributed by atoms with Gasteiger partial charge in [0.2, 0.25) is 0 Å². The van der Waals surface area contributed by atoms with Gasteiger partial charge in [0.1, 0.15) is 0 Å². The maximum Gasteiger partial charge on any atom is 0.0998 e. The van der Waals surface area contributed by atoms with Gasteiger partial charge in [0.05, 0.1) is 67.7 Å². The monoisotopic (exact) mass is 699 g/mol. The summed E-state index contributed by atoms with van der Waals surface area (Å²) in [5, 5.41) is 27.1. The third kappa shape index (κ3) is 4.39. The molecule has 0 bridgehead atoms. The van der Waals surface area contributed by atoms with Crippen LogP contribution in [-0.4, -0.2) is 13.7 Å². The quantitative estimate of drug-likeness (QED) is 0.184. The van der Waals surface area contributed by atoms with Gasteiger partial charge < -0.3 is 13.7 Å². The van der Waals surface area contributed by atoms with E-state index < -0.39 is 0 Å². The Kier molecular flexibility index (Phi) is 6.61. The van der Waals surface area contributed by atoms with Crippen LogP contribution in [0, 0.1) is 22.7 Å². The number of hydrogen-bond acceptors (Lipinski definition) is 2. The van der Waals surface area contributed by atoms with Gasteiger partial charge in [-0.1, -0.05) is 103 Å². The van der Waals surface area contributed by atoms with Crippen molar-refractivity contribution in [3.05, 3.63) is 187 Å². The molecule has 0 unspecified atom stereocenters. The van der Waals surface area contributed by atoms with Crippen LogP contribution in [0.4, 0.5) is 0 Å². The Balaban J connectivity index is 1.15. The summed E-state index contributed by atoms with van der Waals surface area (Å²) in [6.45, 7) is 0. The smallest absolute Gasteiger partial charge is 0.0998 e. The molecule has 0 fully saturated rings. The molecule has 0 aliphatic heterocycles. The van der Waals surface area contributed by atoms with Gasteiger partial charge in [0.15, 0.2) is 0 Å². The van der Waals surface area contributed by atoms with Crippen molar-refractivity contribution >= 4 is 65.4 Å². The van der Waals surface area contributed by atoms with Crippen LogP contribution in [0.5, 0.6) is 0 Å². The minimum absolute atomic E-state index is 0.593. The summed E-state index contributed by atoms with van der Waals surface area (Å²) in [5.41, 5.74) is 12.6. The summed E-state index contributed by atoms with van der Waals surface area (Å²) >= 11 is 0. The van der Waals surface area contributed by atoms with Gasteiger partial charge in [0.25, 0.3) is 0 Å². The second-order valence-corrected chi connectivity index (χ2v) is 14.0. The van der Waals surface area contributed by atoms with E-state index in [9.17, 15) is 10.5 Å². The SMILES string of the molecule is N#Cc1ccc2c(c1)c1ccccc1n2-c1cccc(C#N)c1-c1ccc(-n2c3ccccc3c3cccc(-n4c5ccccc5c5ccccc54)c32)cc1. The molecular weight excluding hydrogens is 671 g/mol. The van der Waals surface area contributed by atoms with E-state index in [2.05, 4.69) is 159 Å². The highest BCUT2D eigenvalue weighted by atomic mass is 15.1. The number of benzene rings is 8. The molecule has 0 saturated heterocycles. The first-order chi connectivity index (χ1) is 27.2. The summed E-state index contributed by atoms with van der Waals surface area (Å²) in [4.78, 5) is 0. The van der Waals surface area contributed by atoms with Gasteiger partial charge >= 0.3 is 0 Å². The van der Waals surface area contributed by atoms with Gasteiger partial charge in [-0.25, -0.2) is 0 Å². The fourth-order valence-electron chi connectivity index (χ4n) is 8.83. The Morgan fingerprint density at radius 2 is 0.855 bits per heavy atom. The first kappa shape index (κ1) is 30.7. The molecule has 0 atom stereocenters. The van der Waals surface area contributed by atoms with Crippen molar-refractivity contribution in [3.8, 4) is 40.3 Å². The zero-order valence-electron chi connectivity index (χ0n) is 29.5. The molecule has 5 nitrogen and oxygen atoms in total. The maximum absolute atomic E-state index is 10.5. The topological polar surface area (TPSA) is 62.4 Å². The van der Waals surface area contributed by atoms with E-state index >= 15 is 0 Å². The number of nitrogens with zero attached hydrogens (tertiary/aromatic N) is 5. The number of hydrogen-bond donors (Lipinski definition) is 0. The van der Waals surface area contributed by atoms with Crippen LogP contribution >= 0.6 is 0 Å². The van der Waals surface area contributed by atoms with Gasteiger partial charge in [-0.05, 0) is 78.4 Å². The first-order valence-corrected chi connectivity index (χ1v) is 18.3. The lowest BCUT2D eigenvalue weighted by Gasteiger charge is -2.17. The number of aromatic nitrogens is 3. The van der Waals surface area contributed by atoms with Crippen LogP contribution in [0.25, 0.3) is 93.6 Å². The molecule has 0 saturated carbocycles. The summed E-state index contributed by atoms with van der Waals surface area (Å²) in [5.74, 6) is 0. The maximum atomic E-state index is 10.5. The van der Waals surface area contributed by atoms with Gasteiger partial charge in [-0.3, -0.25) is 0 Å². The van der Waals surface area contributed by atoms with Crippen LogP contribution in [0.2, 0.25) is 0 Å². The van der Waals surface area contributed by atoms with E-state index in [4.69, 9.17) is 0 Å². The Labute approximate surface area is 316 Å². The molecule has 8 aromatic carbocycles. The second-order valence-electron chi connectivity index (χ2n) is 14.0. The number of nitriles is 2. The van der Waals surface area contributed by atoms with E-state index in [1.807, 2.05) is 42.5 Å². The van der Waals surface area contributed by atoms with Crippen molar-refractivity contribution in [1.29, 1.82) is 10.5 Å². The predicted molar refractivity (Wildman–Crippen MR) is 224 cm³/mol. The molecule has 55 heavy (non-hydrogen) atoms. The predicted octanol–water partition coefficient (Wildman–Crippen LogP) is 12.4. The minimum atomic E-state index is 0.593. The van der Waals surface area contributed by atoms with E-state index in [0.717, 1.165) is 72.1 Å². The highest BCUT2D eigenvalue weighted by molar-refractivity contribution is 6.15. The summed E-state index contributed by atoms with van der Waals surface area (Å²) in [6.07, 6.45) is 0. The molecule has 11 aromatic rings. The van der Waals surface area contributed by atoms with Crippen molar-refractivity contribution in [2.45, 2.75) is 0 Å². The minimum Gasteiger partial charge on any atom is -0.309 e. The largest absolute Gasteiger partial charge is 0.309 e. The van der Waals surface area contributed by atoms with Gasteiger partial charge in [-0.2, -0.15) is 10.5 Å². The van der Waals surface area contributed by atoms with Crippen LogP contribution in [0.15, 0.2) is 176 Å². The Morgan fingerprint density at radius 3 is 1.47 bits per heavy atom. The third-order valence-electron chi connectivity index (χ3n) is 11.1. The number of para-hydroxylation sites is 5. The van der Waals surface area contributed by atoms with Crippen LogP contribution < -0.4 is 0 Å². The number of fused-ring (bicyclic) bond motifs is 9. The van der Waals surface area contributed by atoms with Crippen molar-refractivity contribution in [2.24, 2.45) is 0 Å². The molecule has 0 N–H and O–H groups in total. The molecule has 0 radical (unpaired) electrons. The highest BCUT2D eigenvalue weighted by Gasteiger charge is 2.21. The molecule has 0 aliphatic rings. The summed E-state index contributed by atoms with van der Waals surface area (Å²) < 4.78 is 7.00. The second kappa shape index (κ2) is 11.8. The van der Waals surface area contributed by atoms with Crippen LogP contribution in [0.1, 0.15) is 11.1 Å². The van der Waals surface area contributed by atoms with Crippen molar-refractivity contribution in [1.82, 2.24) is 13.7 Å². The van der Waals surface area contributed by atoms with Crippen molar-refractivity contribution in [2.75, 3.05) is 0 Å². The molecule has 3 aromatic heterocycles. The van der Waals surface area contributed by atoms with E-state index in [1.165, 1.54) is 21.5 Å². The Hall–Kier alpha value is -7.86.